The molecule has 0 saturated heterocycles. The number of benzene rings is 1. The van der Waals surface area contributed by atoms with Gasteiger partial charge in [0.05, 0.1) is 17.1 Å². The minimum atomic E-state index is -0.543. The van der Waals surface area contributed by atoms with Gasteiger partial charge in [-0.05, 0) is 19.4 Å². The molecule has 0 bridgehead atoms. The zero-order valence-electron chi connectivity index (χ0n) is 12.5. The number of nitro groups is 1. The van der Waals surface area contributed by atoms with Crippen LogP contribution in [0.5, 0.6) is 0 Å². The van der Waals surface area contributed by atoms with Gasteiger partial charge in [-0.3, -0.25) is 14.9 Å². The van der Waals surface area contributed by atoms with Gasteiger partial charge in [-0.2, -0.15) is 0 Å². The van der Waals surface area contributed by atoms with Crippen LogP contribution in [-0.4, -0.2) is 42.0 Å². The summed E-state index contributed by atoms with van der Waals surface area (Å²) in [6.07, 6.45) is 0.768. The maximum Gasteiger partial charge on any atom is 0.270 e. The van der Waals surface area contributed by atoms with Crippen LogP contribution >= 0.6 is 0 Å². The molecule has 0 saturated carbocycles. The number of nitrogens with two attached hydrogens (primary N) is 1. The SMILES string of the molecule is CCC(C)N(CCOC)C(=O)c1cc([N+](=O)[O-])ccc1N. The monoisotopic (exact) mass is 295 g/mol. The summed E-state index contributed by atoms with van der Waals surface area (Å²) in [5, 5.41) is 10.8. The summed E-state index contributed by atoms with van der Waals surface area (Å²) >= 11 is 0. The first-order valence-electron chi connectivity index (χ1n) is 6.76. The van der Waals surface area contributed by atoms with Crippen molar-refractivity contribution in [3.63, 3.8) is 0 Å². The van der Waals surface area contributed by atoms with Crippen LogP contribution in [0.2, 0.25) is 0 Å². The van der Waals surface area contributed by atoms with Crippen LogP contribution < -0.4 is 5.73 Å². The van der Waals surface area contributed by atoms with Crippen molar-refractivity contribution < 1.29 is 14.5 Å². The number of anilines is 1. The van der Waals surface area contributed by atoms with Crippen LogP contribution in [0.3, 0.4) is 0 Å². The molecule has 1 rings (SSSR count). The summed E-state index contributed by atoms with van der Waals surface area (Å²) in [6, 6.07) is 3.89. The molecule has 0 aliphatic heterocycles. The molecule has 0 spiro atoms. The maximum absolute atomic E-state index is 12.6. The maximum atomic E-state index is 12.6. The Morgan fingerprint density at radius 3 is 2.71 bits per heavy atom. The van der Waals surface area contributed by atoms with Crippen LogP contribution in [0.25, 0.3) is 0 Å². The number of carbonyl (C=O) groups is 1. The van der Waals surface area contributed by atoms with Crippen molar-refractivity contribution in [2.24, 2.45) is 0 Å². The van der Waals surface area contributed by atoms with Gasteiger partial charge in [0, 0.05) is 37.5 Å². The van der Waals surface area contributed by atoms with Crippen LogP contribution in [0.1, 0.15) is 30.6 Å². The first-order chi connectivity index (χ1) is 9.92. The van der Waals surface area contributed by atoms with E-state index in [0.29, 0.717) is 13.2 Å². The molecule has 0 aliphatic rings. The van der Waals surface area contributed by atoms with Crippen molar-refractivity contribution in [1.82, 2.24) is 4.90 Å². The number of ether oxygens (including phenoxy) is 1. The topological polar surface area (TPSA) is 98.7 Å². The minimum Gasteiger partial charge on any atom is -0.398 e. The van der Waals surface area contributed by atoms with Crippen molar-refractivity contribution in [1.29, 1.82) is 0 Å². The van der Waals surface area contributed by atoms with Gasteiger partial charge in [0.2, 0.25) is 0 Å². The van der Waals surface area contributed by atoms with Crippen molar-refractivity contribution in [2.75, 3.05) is 26.0 Å². The highest BCUT2D eigenvalue weighted by Gasteiger charge is 2.23. The van der Waals surface area contributed by atoms with Gasteiger partial charge in [-0.15, -0.1) is 0 Å². The summed E-state index contributed by atoms with van der Waals surface area (Å²) in [5.41, 5.74) is 6.03. The fraction of sp³-hybridized carbons (Fsp3) is 0.500. The summed E-state index contributed by atoms with van der Waals surface area (Å²) in [7, 11) is 1.56. The van der Waals surface area contributed by atoms with E-state index in [-0.39, 0.29) is 28.9 Å². The average Bonchev–Trinajstić information content (AvgIpc) is 2.47. The van der Waals surface area contributed by atoms with Crippen molar-refractivity contribution in [2.45, 2.75) is 26.3 Å². The Morgan fingerprint density at radius 2 is 2.19 bits per heavy atom. The zero-order valence-corrected chi connectivity index (χ0v) is 12.5. The Kier molecular flexibility index (Phi) is 6.10. The molecular formula is C14H21N3O4. The highest BCUT2D eigenvalue weighted by Crippen LogP contribution is 2.22. The Balaban J connectivity index is 3.12. The zero-order chi connectivity index (χ0) is 16.0. The fourth-order valence-corrected chi connectivity index (χ4v) is 1.93. The van der Waals surface area contributed by atoms with Gasteiger partial charge < -0.3 is 15.4 Å². The number of rotatable bonds is 7. The lowest BCUT2D eigenvalue weighted by Gasteiger charge is -2.28. The third-order valence-electron chi connectivity index (χ3n) is 3.40. The van der Waals surface area contributed by atoms with E-state index in [9.17, 15) is 14.9 Å². The van der Waals surface area contributed by atoms with Gasteiger partial charge >= 0.3 is 0 Å². The van der Waals surface area contributed by atoms with E-state index in [1.165, 1.54) is 18.2 Å². The number of hydrogen-bond acceptors (Lipinski definition) is 5. The molecule has 1 unspecified atom stereocenters. The van der Waals surface area contributed by atoms with E-state index >= 15 is 0 Å². The Morgan fingerprint density at radius 1 is 1.52 bits per heavy atom. The second kappa shape index (κ2) is 7.58. The average molecular weight is 295 g/mol. The first kappa shape index (κ1) is 16.9. The molecule has 1 aromatic rings. The molecule has 116 valence electrons. The first-order valence-corrected chi connectivity index (χ1v) is 6.76. The van der Waals surface area contributed by atoms with E-state index in [4.69, 9.17) is 10.5 Å². The molecule has 7 heteroatoms. The molecular weight excluding hydrogens is 274 g/mol. The lowest BCUT2D eigenvalue weighted by molar-refractivity contribution is -0.384. The van der Waals surface area contributed by atoms with Crippen LogP contribution in [-0.2, 0) is 4.74 Å². The predicted molar refractivity (Wildman–Crippen MR) is 80.2 cm³/mol. The molecule has 0 radical (unpaired) electrons. The fourth-order valence-electron chi connectivity index (χ4n) is 1.93. The van der Waals surface area contributed by atoms with E-state index in [0.717, 1.165) is 6.42 Å². The van der Waals surface area contributed by atoms with E-state index in [2.05, 4.69) is 0 Å². The second-order valence-corrected chi connectivity index (χ2v) is 4.78. The van der Waals surface area contributed by atoms with Gasteiger partial charge in [0.25, 0.3) is 11.6 Å². The standard InChI is InChI=1S/C14H21N3O4/c1-4-10(2)16(7-8-21-3)14(18)12-9-11(17(19)20)5-6-13(12)15/h5-6,9-10H,4,7-8,15H2,1-3H3. The number of non-ortho nitro benzene ring substituents is 1. The highest BCUT2D eigenvalue weighted by molar-refractivity contribution is 6.00. The Hall–Kier alpha value is -2.15. The molecule has 1 atom stereocenters. The van der Waals surface area contributed by atoms with Gasteiger partial charge in [0.15, 0.2) is 0 Å². The summed E-state index contributed by atoms with van der Waals surface area (Å²) in [4.78, 5) is 24.5. The summed E-state index contributed by atoms with van der Waals surface area (Å²) in [5.74, 6) is -0.317. The Labute approximate surface area is 123 Å². The quantitative estimate of drug-likeness (QED) is 0.471. The van der Waals surface area contributed by atoms with Crippen molar-refractivity contribution in [3.05, 3.63) is 33.9 Å². The van der Waals surface area contributed by atoms with Crippen LogP contribution in [0.15, 0.2) is 18.2 Å². The molecule has 7 nitrogen and oxygen atoms in total. The van der Waals surface area contributed by atoms with Gasteiger partial charge in [-0.1, -0.05) is 6.92 Å². The number of methoxy groups -OCH3 is 1. The molecule has 0 aromatic heterocycles. The summed E-state index contributed by atoms with van der Waals surface area (Å²) < 4.78 is 5.01. The summed E-state index contributed by atoms with van der Waals surface area (Å²) in [6.45, 7) is 4.69. The number of nitro benzene ring substituents is 1. The molecule has 0 heterocycles. The molecule has 1 amide bonds. The molecule has 1 aromatic carbocycles. The molecule has 0 aliphatic carbocycles. The van der Waals surface area contributed by atoms with E-state index < -0.39 is 4.92 Å². The highest BCUT2D eigenvalue weighted by atomic mass is 16.6. The molecule has 2 N–H and O–H groups in total. The number of amides is 1. The van der Waals surface area contributed by atoms with E-state index in [1.807, 2.05) is 13.8 Å². The number of nitrogens with zero attached hydrogens (tertiary/aromatic N) is 2. The predicted octanol–water partition coefficient (Wildman–Crippen LogP) is 2.06. The third kappa shape index (κ3) is 4.16. The Bertz CT molecular complexity index is 519. The van der Waals surface area contributed by atoms with Gasteiger partial charge in [0.1, 0.15) is 0 Å². The number of hydrogen-bond donors (Lipinski definition) is 1. The van der Waals surface area contributed by atoms with Crippen LogP contribution in [0, 0.1) is 10.1 Å². The largest absolute Gasteiger partial charge is 0.398 e. The van der Waals surface area contributed by atoms with Gasteiger partial charge in [-0.25, -0.2) is 0 Å². The minimum absolute atomic E-state index is 0.00804. The number of nitrogen functional groups attached to an aromatic ring is 1. The third-order valence-corrected chi connectivity index (χ3v) is 3.40. The van der Waals surface area contributed by atoms with E-state index in [1.54, 1.807) is 12.0 Å². The molecule has 21 heavy (non-hydrogen) atoms. The second-order valence-electron chi connectivity index (χ2n) is 4.78. The number of carbonyl (C=O) groups excluding carboxylic acids is 1. The van der Waals surface area contributed by atoms with Crippen molar-refractivity contribution in [3.8, 4) is 0 Å². The molecule has 0 fully saturated rings. The van der Waals surface area contributed by atoms with Crippen molar-refractivity contribution >= 4 is 17.3 Å². The van der Waals surface area contributed by atoms with Crippen LogP contribution in [0.4, 0.5) is 11.4 Å². The lowest BCUT2D eigenvalue weighted by atomic mass is 10.1. The lowest BCUT2D eigenvalue weighted by Crippen LogP contribution is -2.40. The normalized spacial score (nSPS) is 12.0. The smallest absolute Gasteiger partial charge is 0.270 e.